The number of aromatic nitrogens is 2. The number of ether oxygens (including phenoxy) is 3. The van der Waals surface area contributed by atoms with Crippen LogP contribution in [-0.2, 0) is 4.79 Å². The fourth-order valence-corrected chi connectivity index (χ4v) is 5.23. The summed E-state index contributed by atoms with van der Waals surface area (Å²) in [7, 11) is 1.66. The molecule has 9 heteroatoms. The zero-order chi connectivity index (χ0) is 25.4. The molecule has 1 amide bonds. The maximum atomic E-state index is 13.6. The number of halogens is 1. The number of hydrogen-bond acceptors (Lipinski definition) is 6. The highest BCUT2D eigenvalue weighted by molar-refractivity contribution is 6.30. The van der Waals surface area contributed by atoms with E-state index in [2.05, 4.69) is 22.0 Å². The van der Waals surface area contributed by atoms with Crippen molar-refractivity contribution < 1.29 is 19.0 Å². The smallest absolute Gasteiger partial charge is 0.231 e. The van der Waals surface area contributed by atoms with Crippen LogP contribution in [0.4, 0.5) is 5.69 Å². The molecule has 2 aromatic heterocycles. The van der Waals surface area contributed by atoms with Gasteiger partial charge in [0.25, 0.3) is 0 Å². The Morgan fingerprint density at radius 3 is 2.59 bits per heavy atom. The number of imidazole rings is 1. The van der Waals surface area contributed by atoms with Gasteiger partial charge in [-0.15, -0.1) is 0 Å². The second-order valence-corrected chi connectivity index (χ2v) is 9.63. The maximum absolute atomic E-state index is 13.6. The van der Waals surface area contributed by atoms with Crippen molar-refractivity contribution in [2.75, 3.05) is 45.0 Å². The molecule has 0 bridgehead atoms. The summed E-state index contributed by atoms with van der Waals surface area (Å²) in [5.41, 5.74) is 3.79. The molecule has 0 N–H and O–H groups in total. The number of carbonyl (C=O) groups is 1. The number of benzene rings is 2. The third kappa shape index (κ3) is 4.64. The standard InChI is InChI=1S/C28H27ClN4O4/c1-35-22-6-4-21(5-7-22)31-10-12-32(13-11-31)28(34)15-23(19-2-8-25-26(14-19)37-18-36-25)24-16-30-27-9-3-20(29)17-33(24)27/h2-9,14,16-17,23H,10-13,15,18H2,1H3/t23-/m1/s1. The molecule has 190 valence electrons. The van der Waals surface area contributed by atoms with Crippen LogP contribution < -0.4 is 19.1 Å². The van der Waals surface area contributed by atoms with Gasteiger partial charge < -0.3 is 28.4 Å². The van der Waals surface area contributed by atoms with Crippen LogP contribution in [0.15, 0.2) is 67.0 Å². The summed E-state index contributed by atoms with van der Waals surface area (Å²) in [6, 6.07) is 17.6. The van der Waals surface area contributed by atoms with E-state index in [1.165, 1.54) is 0 Å². The molecule has 0 saturated carbocycles. The molecule has 0 spiro atoms. The molecule has 0 unspecified atom stereocenters. The summed E-state index contributed by atoms with van der Waals surface area (Å²) in [5, 5.41) is 0.608. The Kier molecular flexibility index (Phi) is 6.26. The van der Waals surface area contributed by atoms with E-state index in [-0.39, 0.29) is 18.6 Å². The number of rotatable bonds is 6. The van der Waals surface area contributed by atoms with Crippen molar-refractivity contribution in [3.05, 3.63) is 83.3 Å². The van der Waals surface area contributed by atoms with Crippen LogP contribution in [0.5, 0.6) is 17.2 Å². The lowest BCUT2D eigenvalue weighted by Gasteiger charge is -2.36. The number of anilines is 1. The van der Waals surface area contributed by atoms with Crippen LogP contribution in [0.2, 0.25) is 5.02 Å². The summed E-state index contributed by atoms with van der Waals surface area (Å²) < 4.78 is 18.4. The van der Waals surface area contributed by atoms with Crippen molar-refractivity contribution in [3.63, 3.8) is 0 Å². The monoisotopic (exact) mass is 518 g/mol. The van der Waals surface area contributed by atoms with Gasteiger partial charge in [-0.2, -0.15) is 0 Å². The molecule has 1 fully saturated rings. The minimum Gasteiger partial charge on any atom is -0.497 e. The molecule has 6 rings (SSSR count). The van der Waals surface area contributed by atoms with Gasteiger partial charge >= 0.3 is 0 Å². The summed E-state index contributed by atoms with van der Waals surface area (Å²) in [4.78, 5) is 22.4. The van der Waals surface area contributed by atoms with Crippen LogP contribution in [-0.4, -0.2) is 60.3 Å². The molecule has 1 saturated heterocycles. The van der Waals surface area contributed by atoms with E-state index in [4.69, 9.17) is 25.8 Å². The molecule has 4 heterocycles. The Morgan fingerprint density at radius 1 is 1.03 bits per heavy atom. The van der Waals surface area contributed by atoms with E-state index in [1.54, 1.807) is 7.11 Å². The number of amides is 1. The van der Waals surface area contributed by atoms with E-state index in [1.807, 2.05) is 64.2 Å². The van der Waals surface area contributed by atoms with Crippen LogP contribution in [0.3, 0.4) is 0 Å². The molecular formula is C28H27ClN4O4. The van der Waals surface area contributed by atoms with E-state index >= 15 is 0 Å². The SMILES string of the molecule is COc1ccc(N2CCN(C(=O)C[C@H](c3ccc4c(c3)OCO4)c3cnc4ccc(Cl)cn34)CC2)cc1. The molecule has 37 heavy (non-hydrogen) atoms. The summed E-state index contributed by atoms with van der Waals surface area (Å²) in [5.74, 6) is 2.12. The van der Waals surface area contributed by atoms with Crippen LogP contribution in [0.1, 0.15) is 23.6 Å². The zero-order valence-corrected chi connectivity index (χ0v) is 21.2. The predicted molar refractivity (Wildman–Crippen MR) is 141 cm³/mol. The summed E-state index contributed by atoms with van der Waals surface area (Å²) in [6.45, 7) is 3.08. The highest BCUT2D eigenvalue weighted by Gasteiger charge is 2.28. The van der Waals surface area contributed by atoms with Crippen molar-refractivity contribution in [3.8, 4) is 17.2 Å². The summed E-state index contributed by atoms with van der Waals surface area (Å²) in [6.07, 6.45) is 3.98. The molecule has 2 aliphatic rings. The first-order valence-electron chi connectivity index (χ1n) is 12.3. The Bertz CT molecular complexity index is 1430. The average Bonchev–Trinajstić information content (AvgIpc) is 3.58. The quantitative estimate of drug-likeness (QED) is 0.372. The largest absolute Gasteiger partial charge is 0.497 e. The minimum absolute atomic E-state index is 0.106. The Morgan fingerprint density at radius 2 is 1.81 bits per heavy atom. The fourth-order valence-electron chi connectivity index (χ4n) is 5.07. The number of hydrogen-bond donors (Lipinski definition) is 0. The van der Waals surface area contributed by atoms with Crippen molar-refractivity contribution in [1.29, 1.82) is 0 Å². The predicted octanol–water partition coefficient (Wildman–Crippen LogP) is 4.60. The molecule has 2 aliphatic heterocycles. The maximum Gasteiger partial charge on any atom is 0.231 e. The first kappa shape index (κ1) is 23.5. The number of pyridine rings is 1. The third-order valence-electron chi connectivity index (χ3n) is 7.10. The van der Waals surface area contributed by atoms with Crippen LogP contribution >= 0.6 is 11.6 Å². The van der Waals surface area contributed by atoms with Gasteiger partial charge in [-0.3, -0.25) is 4.79 Å². The highest BCUT2D eigenvalue weighted by atomic mass is 35.5. The molecular weight excluding hydrogens is 492 g/mol. The van der Waals surface area contributed by atoms with Gasteiger partial charge in [0.2, 0.25) is 12.7 Å². The summed E-state index contributed by atoms with van der Waals surface area (Å²) >= 11 is 6.31. The normalized spacial score (nSPS) is 15.7. The lowest BCUT2D eigenvalue weighted by Crippen LogP contribution is -2.49. The second-order valence-electron chi connectivity index (χ2n) is 9.19. The Labute approximate surface area is 219 Å². The third-order valence-corrected chi connectivity index (χ3v) is 7.33. The molecule has 1 atom stereocenters. The van der Waals surface area contributed by atoms with Gasteiger partial charge in [0.1, 0.15) is 11.4 Å². The van der Waals surface area contributed by atoms with Gasteiger partial charge in [-0.1, -0.05) is 17.7 Å². The molecule has 4 aromatic rings. The van der Waals surface area contributed by atoms with Gasteiger partial charge in [0.15, 0.2) is 11.5 Å². The van der Waals surface area contributed by atoms with Gasteiger partial charge in [0, 0.05) is 56.6 Å². The van der Waals surface area contributed by atoms with E-state index < -0.39 is 0 Å². The zero-order valence-electron chi connectivity index (χ0n) is 20.5. The van der Waals surface area contributed by atoms with E-state index in [9.17, 15) is 4.79 Å². The Balaban J connectivity index is 1.23. The molecule has 8 nitrogen and oxygen atoms in total. The van der Waals surface area contributed by atoms with Gasteiger partial charge in [-0.25, -0.2) is 4.98 Å². The van der Waals surface area contributed by atoms with E-state index in [0.717, 1.165) is 41.4 Å². The second kappa shape index (κ2) is 9.86. The Hall–Kier alpha value is -3.91. The number of fused-ring (bicyclic) bond motifs is 2. The fraction of sp³-hybridized carbons (Fsp3) is 0.286. The first-order chi connectivity index (χ1) is 18.1. The average molecular weight is 519 g/mol. The number of carbonyl (C=O) groups excluding carboxylic acids is 1. The lowest BCUT2D eigenvalue weighted by atomic mass is 9.91. The topological polar surface area (TPSA) is 68.5 Å². The van der Waals surface area contributed by atoms with Gasteiger partial charge in [-0.05, 0) is 54.1 Å². The molecule has 0 aliphatic carbocycles. The molecule has 0 radical (unpaired) electrons. The number of methoxy groups -OCH3 is 1. The van der Waals surface area contributed by atoms with Crippen molar-refractivity contribution in [1.82, 2.24) is 14.3 Å². The first-order valence-corrected chi connectivity index (χ1v) is 12.7. The minimum atomic E-state index is -0.227. The highest BCUT2D eigenvalue weighted by Crippen LogP contribution is 2.38. The van der Waals surface area contributed by atoms with Gasteiger partial charge in [0.05, 0.1) is 17.8 Å². The van der Waals surface area contributed by atoms with Crippen LogP contribution in [0.25, 0.3) is 5.65 Å². The van der Waals surface area contributed by atoms with Crippen LogP contribution in [0, 0.1) is 0 Å². The molecule has 2 aromatic carbocycles. The van der Waals surface area contributed by atoms with Crippen molar-refractivity contribution in [2.45, 2.75) is 12.3 Å². The van der Waals surface area contributed by atoms with E-state index in [0.29, 0.717) is 36.0 Å². The number of piperazine rings is 1. The van der Waals surface area contributed by atoms with Crippen molar-refractivity contribution >= 4 is 28.8 Å². The lowest BCUT2D eigenvalue weighted by molar-refractivity contribution is -0.131. The van der Waals surface area contributed by atoms with Crippen molar-refractivity contribution in [2.24, 2.45) is 0 Å². The number of nitrogens with zero attached hydrogens (tertiary/aromatic N) is 4.